The summed E-state index contributed by atoms with van der Waals surface area (Å²) in [5.74, 6) is -0.194. The predicted octanol–water partition coefficient (Wildman–Crippen LogP) is 1.97. The first kappa shape index (κ1) is 13.8. The van der Waals surface area contributed by atoms with E-state index < -0.39 is 15.9 Å². The molecule has 1 atom stereocenters. The number of carbonyl (C=O) groups is 1. The molecule has 1 heterocycles. The van der Waals surface area contributed by atoms with Crippen LogP contribution in [-0.4, -0.2) is 26.1 Å². The third-order valence-corrected chi connectivity index (χ3v) is 4.80. The van der Waals surface area contributed by atoms with E-state index in [0.717, 1.165) is 16.8 Å². The Labute approximate surface area is 113 Å². The van der Waals surface area contributed by atoms with Crippen molar-refractivity contribution in [3.05, 3.63) is 40.8 Å². The van der Waals surface area contributed by atoms with Gasteiger partial charge in [-0.25, -0.2) is 8.42 Å². The van der Waals surface area contributed by atoms with Crippen molar-refractivity contribution in [2.45, 2.75) is 26.8 Å². The number of nitrogens with zero attached hydrogens (tertiary/aromatic N) is 1. The Morgan fingerprint density at radius 3 is 2.53 bits per heavy atom. The van der Waals surface area contributed by atoms with Gasteiger partial charge >= 0.3 is 0 Å². The smallest absolute Gasteiger partial charge is 0.224 e. The number of hydrogen-bond donors (Lipinski definition) is 0. The highest BCUT2D eigenvalue weighted by Gasteiger charge is 2.30. The van der Waals surface area contributed by atoms with E-state index in [-0.39, 0.29) is 11.7 Å². The number of aryl methyl sites for hydroxylation is 1. The van der Waals surface area contributed by atoms with Gasteiger partial charge in [0.2, 0.25) is 5.91 Å². The lowest BCUT2D eigenvalue weighted by molar-refractivity contribution is -0.116. The van der Waals surface area contributed by atoms with E-state index in [4.69, 9.17) is 0 Å². The van der Waals surface area contributed by atoms with E-state index in [1.165, 1.54) is 12.3 Å². The van der Waals surface area contributed by atoms with Crippen LogP contribution in [0.5, 0.6) is 0 Å². The molecule has 0 N–H and O–H groups in total. The molecule has 0 fully saturated rings. The molecule has 0 saturated heterocycles. The van der Waals surface area contributed by atoms with Gasteiger partial charge in [-0.05, 0) is 37.1 Å². The summed E-state index contributed by atoms with van der Waals surface area (Å²) in [6, 6.07) is 5.28. The minimum Gasteiger partial charge on any atom is -0.304 e. The number of hydrogen-bond acceptors (Lipinski definition) is 3. The van der Waals surface area contributed by atoms with Crippen LogP contribution < -0.4 is 4.90 Å². The van der Waals surface area contributed by atoms with Crippen molar-refractivity contribution in [1.29, 1.82) is 0 Å². The molecule has 1 aromatic rings. The van der Waals surface area contributed by atoms with Crippen LogP contribution in [0.15, 0.2) is 29.7 Å². The van der Waals surface area contributed by atoms with E-state index in [1.807, 2.05) is 32.0 Å². The van der Waals surface area contributed by atoms with Crippen molar-refractivity contribution in [3.63, 3.8) is 0 Å². The van der Waals surface area contributed by atoms with Gasteiger partial charge in [0, 0.05) is 18.0 Å². The summed E-state index contributed by atoms with van der Waals surface area (Å²) in [6.07, 6.45) is 1.58. The molecule has 1 aliphatic rings. The van der Waals surface area contributed by atoms with E-state index in [0.29, 0.717) is 0 Å². The topological polar surface area (TPSA) is 54.5 Å². The Morgan fingerprint density at radius 1 is 1.32 bits per heavy atom. The van der Waals surface area contributed by atoms with E-state index in [1.54, 1.807) is 11.0 Å². The van der Waals surface area contributed by atoms with Crippen molar-refractivity contribution < 1.29 is 13.2 Å². The predicted molar refractivity (Wildman–Crippen MR) is 75.8 cm³/mol. The molecule has 0 aromatic heterocycles. The van der Waals surface area contributed by atoms with Crippen molar-refractivity contribution in [2.75, 3.05) is 10.7 Å². The molecule has 0 aliphatic carbocycles. The second kappa shape index (κ2) is 4.81. The average Bonchev–Trinajstić information content (AvgIpc) is 2.65. The van der Waals surface area contributed by atoms with Crippen LogP contribution in [0.4, 0.5) is 5.69 Å². The fourth-order valence-corrected chi connectivity index (χ4v) is 3.57. The van der Waals surface area contributed by atoms with Crippen LogP contribution in [0, 0.1) is 13.8 Å². The first-order valence-corrected chi connectivity index (χ1v) is 7.80. The molecule has 1 unspecified atom stereocenters. The van der Waals surface area contributed by atoms with Gasteiger partial charge < -0.3 is 4.90 Å². The Hall–Kier alpha value is -1.62. The van der Waals surface area contributed by atoms with Crippen LogP contribution in [0.1, 0.15) is 18.1 Å². The third-order valence-electron chi connectivity index (χ3n) is 3.42. The Morgan fingerprint density at radius 2 is 2.00 bits per heavy atom. The second-order valence-corrected chi connectivity index (χ2v) is 6.76. The average molecular weight is 279 g/mol. The first-order chi connectivity index (χ1) is 8.82. The summed E-state index contributed by atoms with van der Waals surface area (Å²) in [7, 11) is -3.18. The number of carbonyl (C=O) groups excluding carboxylic acids is 1. The van der Waals surface area contributed by atoms with Gasteiger partial charge in [-0.1, -0.05) is 12.1 Å². The lowest BCUT2D eigenvalue weighted by Gasteiger charge is -2.28. The van der Waals surface area contributed by atoms with Crippen LogP contribution in [-0.2, 0) is 14.6 Å². The number of rotatable bonds is 2. The zero-order valence-corrected chi connectivity index (χ0v) is 12.1. The van der Waals surface area contributed by atoms with Crippen LogP contribution in [0.2, 0.25) is 0 Å². The molecular formula is C14H17NO3S. The first-order valence-electron chi connectivity index (χ1n) is 6.09. The third kappa shape index (κ3) is 2.71. The number of amides is 1. The normalized spacial score (nSPS) is 20.5. The summed E-state index contributed by atoms with van der Waals surface area (Å²) in [5.41, 5.74) is 2.85. The summed E-state index contributed by atoms with van der Waals surface area (Å²) in [4.78, 5) is 13.5. The van der Waals surface area contributed by atoms with E-state index in [2.05, 4.69) is 0 Å². The zero-order valence-electron chi connectivity index (χ0n) is 11.3. The van der Waals surface area contributed by atoms with Gasteiger partial charge in [-0.2, -0.15) is 0 Å². The Bertz CT molecular complexity index is 647. The highest BCUT2D eigenvalue weighted by Crippen LogP contribution is 2.27. The van der Waals surface area contributed by atoms with Crippen LogP contribution in [0.3, 0.4) is 0 Å². The Kier molecular flexibility index (Phi) is 3.49. The minimum atomic E-state index is -3.18. The lowest BCUT2D eigenvalue weighted by atomic mass is 10.1. The zero-order chi connectivity index (χ0) is 14.2. The molecule has 0 saturated carbocycles. The van der Waals surface area contributed by atoms with E-state index >= 15 is 0 Å². The molecular weight excluding hydrogens is 262 g/mol. The standard InChI is InChI=1S/C14H17NO3S/c1-10-5-4-6-14(11(10)2)15(12(3)16)13-7-8-19(17,18)9-13/h4-8,13H,9H2,1-3H3. The van der Waals surface area contributed by atoms with Gasteiger partial charge in [-0.15, -0.1) is 0 Å². The SMILES string of the molecule is CC(=O)N(c1cccc(C)c1C)C1C=CS(=O)(=O)C1. The molecule has 19 heavy (non-hydrogen) atoms. The van der Waals surface area contributed by atoms with E-state index in [9.17, 15) is 13.2 Å². The molecule has 1 aliphatic heterocycles. The van der Waals surface area contributed by atoms with Crippen molar-refractivity contribution in [2.24, 2.45) is 0 Å². The largest absolute Gasteiger partial charge is 0.304 e. The van der Waals surface area contributed by atoms with Crippen molar-refractivity contribution in [1.82, 2.24) is 0 Å². The molecule has 102 valence electrons. The quantitative estimate of drug-likeness (QED) is 0.831. The molecule has 5 heteroatoms. The summed E-state index contributed by atoms with van der Waals surface area (Å²) < 4.78 is 23.1. The van der Waals surface area contributed by atoms with Crippen molar-refractivity contribution >= 4 is 21.4 Å². The highest BCUT2D eigenvalue weighted by molar-refractivity contribution is 7.94. The summed E-state index contributed by atoms with van der Waals surface area (Å²) in [6.45, 7) is 5.37. The monoisotopic (exact) mass is 279 g/mol. The Balaban J connectivity index is 2.45. The summed E-state index contributed by atoms with van der Waals surface area (Å²) in [5, 5.41) is 1.19. The van der Waals surface area contributed by atoms with Gasteiger partial charge in [0.25, 0.3) is 0 Å². The summed E-state index contributed by atoms with van der Waals surface area (Å²) >= 11 is 0. The molecule has 1 aromatic carbocycles. The van der Waals surface area contributed by atoms with Crippen LogP contribution >= 0.6 is 0 Å². The highest BCUT2D eigenvalue weighted by atomic mass is 32.2. The fourth-order valence-electron chi connectivity index (χ4n) is 2.30. The van der Waals surface area contributed by atoms with Gasteiger partial charge in [0.05, 0.1) is 11.8 Å². The fraction of sp³-hybridized carbons (Fsp3) is 0.357. The number of benzene rings is 1. The minimum absolute atomic E-state index is 0.0417. The molecule has 0 bridgehead atoms. The number of sulfone groups is 1. The molecule has 0 radical (unpaired) electrons. The maximum absolute atomic E-state index is 11.9. The van der Waals surface area contributed by atoms with Crippen LogP contribution in [0.25, 0.3) is 0 Å². The molecule has 1 amide bonds. The van der Waals surface area contributed by atoms with Gasteiger partial charge in [0.15, 0.2) is 9.84 Å². The molecule has 0 spiro atoms. The van der Waals surface area contributed by atoms with Gasteiger partial charge in [-0.3, -0.25) is 4.79 Å². The lowest BCUT2D eigenvalue weighted by Crippen LogP contribution is -2.40. The second-order valence-electron chi connectivity index (χ2n) is 4.83. The molecule has 4 nitrogen and oxygen atoms in total. The van der Waals surface area contributed by atoms with Crippen molar-refractivity contribution in [3.8, 4) is 0 Å². The van der Waals surface area contributed by atoms with Gasteiger partial charge in [0.1, 0.15) is 0 Å². The maximum atomic E-state index is 11.9. The maximum Gasteiger partial charge on any atom is 0.224 e. The number of anilines is 1. The molecule has 2 rings (SSSR count).